The van der Waals surface area contributed by atoms with Gasteiger partial charge in [-0.25, -0.2) is 0 Å². The van der Waals surface area contributed by atoms with Crippen LogP contribution in [0.5, 0.6) is 0 Å². The quantitative estimate of drug-likeness (QED) is 0.581. The van der Waals surface area contributed by atoms with E-state index in [4.69, 9.17) is 23.2 Å². The molecule has 0 fully saturated rings. The third-order valence-electron chi connectivity index (χ3n) is 2.74. The molecule has 0 saturated carbocycles. The molecule has 4 heteroatoms. The summed E-state index contributed by atoms with van der Waals surface area (Å²) >= 11 is 11.7. The van der Waals surface area contributed by atoms with Crippen molar-refractivity contribution < 1.29 is 0 Å². The van der Waals surface area contributed by atoms with Gasteiger partial charge in [0.05, 0.1) is 11.1 Å². The van der Waals surface area contributed by atoms with Crippen molar-refractivity contribution in [3.63, 3.8) is 0 Å². The molecule has 0 heterocycles. The number of halogens is 2. The highest BCUT2D eigenvalue weighted by molar-refractivity contribution is 6.31. The molecule has 2 nitrogen and oxygen atoms in total. The molecule has 2 aromatic rings. The molecule has 0 aliphatic heterocycles. The van der Waals surface area contributed by atoms with Gasteiger partial charge in [-0.2, -0.15) is 10.5 Å². The Hall–Kier alpha value is -2.26. The molecule has 2 aromatic carbocycles. The highest BCUT2D eigenvalue weighted by atomic mass is 35.5. The third-order valence-corrected chi connectivity index (χ3v) is 3.24. The predicted molar refractivity (Wildman–Crippen MR) is 80.9 cm³/mol. The normalized spacial score (nSPS) is 11.2. The molecule has 0 N–H and O–H groups in total. The summed E-state index contributed by atoms with van der Waals surface area (Å²) in [6.07, 6.45) is 0. The van der Waals surface area contributed by atoms with Crippen molar-refractivity contribution >= 4 is 34.3 Å². The van der Waals surface area contributed by atoms with Gasteiger partial charge in [0.2, 0.25) is 0 Å². The van der Waals surface area contributed by atoms with E-state index >= 15 is 0 Å². The fourth-order valence-corrected chi connectivity index (χ4v) is 2.01. The van der Waals surface area contributed by atoms with Crippen LogP contribution in [0.1, 0.15) is 11.1 Å². The fraction of sp³-hybridized carbons (Fsp3) is 0. The van der Waals surface area contributed by atoms with E-state index in [0.717, 1.165) is 0 Å². The maximum Gasteiger partial charge on any atom is 0.101 e. The zero-order valence-electron chi connectivity index (χ0n) is 10.3. The van der Waals surface area contributed by atoms with Crippen LogP contribution in [-0.4, -0.2) is 0 Å². The summed E-state index contributed by atoms with van der Waals surface area (Å²) in [5.74, 6) is 0. The molecule has 0 atom stereocenters. The van der Waals surface area contributed by atoms with Gasteiger partial charge in [0, 0.05) is 10.0 Å². The SMILES string of the molecule is N#CC(=C(C#N)c1ccc(Cl)cc1)c1ccc(Cl)cc1. The Balaban J connectivity index is 2.60. The molecular formula is C16H8Cl2N2. The molecule has 0 unspecified atom stereocenters. The smallest absolute Gasteiger partial charge is 0.101 e. The number of nitrogens with zero attached hydrogens (tertiary/aromatic N) is 2. The lowest BCUT2D eigenvalue weighted by molar-refractivity contribution is 1.50. The summed E-state index contributed by atoms with van der Waals surface area (Å²) in [5.41, 5.74) is 1.93. The van der Waals surface area contributed by atoms with Crippen molar-refractivity contribution in [1.82, 2.24) is 0 Å². The average molecular weight is 299 g/mol. The van der Waals surface area contributed by atoms with Crippen LogP contribution in [0.3, 0.4) is 0 Å². The van der Waals surface area contributed by atoms with E-state index in [1.807, 2.05) is 0 Å². The Bertz CT molecular complexity index is 665. The molecule has 0 aliphatic carbocycles. The Labute approximate surface area is 127 Å². The number of rotatable bonds is 2. The van der Waals surface area contributed by atoms with E-state index in [1.54, 1.807) is 48.5 Å². The summed E-state index contributed by atoms with van der Waals surface area (Å²) in [6.45, 7) is 0. The van der Waals surface area contributed by atoms with Crippen LogP contribution >= 0.6 is 23.2 Å². The molecule has 0 amide bonds. The number of allylic oxidation sites excluding steroid dienone is 2. The largest absolute Gasteiger partial charge is 0.192 e. The van der Waals surface area contributed by atoms with Gasteiger partial charge >= 0.3 is 0 Å². The first-order valence-corrected chi connectivity index (χ1v) is 6.47. The fourth-order valence-electron chi connectivity index (χ4n) is 1.76. The van der Waals surface area contributed by atoms with Crippen LogP contribution in [-0.2, 0) is 0 Å². The number of benzene rings is 2. The molecule has 0 spiro atoms. The Kier molecular flexibility index (Phi) is 4.43. The van der Waals surface area contributed by atoms with E-state index < -0.39 is 0 Å². The second-order valence-electron chi connectivity index (χ2n) is 3.99. The number of hydrogen-bond donors (Lipinski definition) is 0. The topological polar surface area (TPSA) is 47.6 Å². The summed E-state index contributed by atoms with van der Waals surface area (Å²) < 4.78 is 0. The summed E-state index contributed by atoms with van der Waals surface area (Å²) in [4.78, 5) is 0. The minimum atomic E-state index is 0.312. The van der Waals surface area contributed by atoms with Crippen molar-refractivity contribution in [3.8, 4) is 12.1 Å². The monoisotopic (exact) mass is 298 g/mol. The highest BCUT2D eigenvalue weighted by Gasteiger charge is 2.11. The zero-order chi connectivity index (χ0) is 14.5. The van der Waals surface area contributed by atoms with Gasteiger partial charge in [0.1, 0.15) is 12.1 Å². The molecule has 0 aromatic heterocycles. The van der Waals surface area contributed by atoms with Gasteiger partial charge in [-0.3, -0.25) is 0 Å². The van der Waals surface area contributed by atoms with Gasteiger partial charge < -0.3 is 0 Å². The van der Waals surface area contributed by atoms with Crippen molar-refractivity contribution in [2.45, 2.75) is 0 Å². The number of hydrogen-bond acceptors (Lipinski definition) is 2. The second-order valence-corrected chi connectivity index (χ2v) is 4.86. The van der Waals surface area contributed by atoms with Crippen LogP contribution in [0, 0.1) is 22.7 Å². The molecule has 0 bridgehead atoms. The molecule has 20 heavy (non-hydrogen) atoms. The molecule has 0 radical (unpaired) electrons. The maximum atomic E-state index is 9.35. The van der Waals surface area contributed by atoms with Gasteiger partial charge in [0.15, 0.2) is 0 Å². The lowest BCUT2D eigenvalue weighted by Crippen LogP contribution is -1.89. The zero-order valence-corrected chi connectivity index (χ0v) is 11.8. The summed E-state index contributed by atoms with van der Waals surface area (Å²) in [6, 6.07) is 17.8. The first-order valence-electron chi connectivity index (χ1n) is 5.72. The lowest BCUT2D eigenvalue weighted by atomic mass is 9.96. The standard InChI is InChI=1S/C16H8Cl2N2/c17-13-5-1-11(2-6-13)15(9-19)16(10-20)12-3-7-14(18)8-4-12/h1-8H. The number of nitriles is 2. The summed E-state index contributed by atoms with van der Waals surface area (Å²) in [7, 11) is 0. The van der Waals surface area contributed by atoms with Crippen LogP contribution in [0.4, 0.5) is 0 Å². The lowest BCUT2D eigenvalue weighted by Gasteiger charge is -2.05. The third kappa shape index (κ3) is 3.00. The second kappa shape index (κ2) is 6.26. The van der Waals surface area contributed by atoms with Crippen molar-refractivity contribution in [2.75, 3.05) is 0 Å². The minimum absolute atomic E-state index is 0.312. The highest BCUT2D eigenvalue weighted by Crippen LogP contribution is 2.27. The molecular weight excluding hydrogens is 291 g/mol. The first-order chi connectivity index (χ1) is 9.65. The van der Waals surface area contributed by atoms with E-state index in [2.05, 4.69) is 12.1 Å². The van der Waals surface area contributed by atoms with Crippen molar-refractivity contribution in [3.05, 3.63) is 69.7 Å². The van der Waals surface area contributed by atoms with Crippen LogP contribution < -0.4 is 0 Å². The Morgan fingerprint density at radius 2 is 0.950 bits per heavy atom. The van der Waals surface area contributed by atoms with Gasteiger partial charge in [-0.05, 0) is 35.4 Å². The van der Waals surface area contributed by atoms with E-state index in [0.29, 0.717) is 32.3 Å². The minimum Gasteiger partial charge on any atom is -0.192 e. The van der Waals surface area contributed by atoms with Gasteiger partial charge in [-0.15, -0.1) is 0 Å². The average Bonchev–Trinajstić information content (AvgIpc) is 2.47. The predicted octanol–water partition coefficient (Wildman–Crippen LogP) is 4.95. The van der Waals surface area contributed by atoms with E-state index in [9.17, 15) is 10.5 Å². The van der Waals surface area contributed by atoms with Crippen LogP contribution in [0.2, 0.25) is 10.0 Å². The summed E-state index contributed by atoms with van der Waals surface area (Å²) in [5, 5.41) is 19.9. The Morgan fingerprint density at radius 1 is 0.650 bits per heavy atom. The Morgan fingerprint density at radius 3 is 1.20 bits per heavy atom. The van der Waals surface area contributed by atoms with E-state index in [-0.39, 0.29) is 0 Å². The maximum absolute atomic E-state index is 9.35. The van der Waals surface area contributed by atoms with Crippen LogP contribution in [0.15, 0.2) is 48.5 Å². The van der Waals surface area contributed by atoms with Crippen molar-refractivity contribution in [1.29, 1.82) is 10.5 Å². The molecule has 2 rings (SSSR count). The van der Waals surface area contributed by atoms with Crippen molar-refractivity contribution in [2.24, 2.45) is 0 Å². The van der Waals surface area contributed by atoms with E-state index in [1.165, 1.54) is 0 Å². The van der Waals surface area contributed by atoms with Gasteiger partial charge in [0.25, 0.3) is 0 Å². The molecule has 0 aliphatic rings. The first kappa shape index (κ1) is 14.2. The van der Waals surface area contributed by atoms with Crippen LogP contribution in [0.25, 0.3) is 11.1 Å². The molecule has 96 valence electrons. The van der Waals surface area contributed by atoms with Gasteiger partial charge in [-0.1, -0.05) is 47.5 Å². The molecule has 0 saturated heterocycles.